The number of methoxy groups -OCH3 is 2. The van der Waals surface area contributed by atoms with Crippen molar-refractivity contribution in [2.45, 2.75) is 44.5 Å². The summed E-state index contributed by atoms with van der Waals surface area (Å²) in [4.78, 5) is 12.1. The Morgan fingerprint density at radius 1 is 1.16 bits per heavy atom. The molecule has 140 valence electrons. The molecule has 2 rings (SSSR count). The molecule has 0 unspecified atom stereocenters. The van der Waals surface area contributed by atoms with Gasteiger partial charge >= 0.3 is 12.3 Å². The van der Waals surface area contributed by atoms with Crippen molar-refractivity contribution in [1.82, 2.24) is 5.32 Å². The normalized spacial score (nSPS) is 23.0. The number of nitrogens with one attached hydrogen (secondary N) is 1. The molecular weight excluding hydrogens is 339 g/mol. The van der Waals surface area contributed by atoms with Crippen LogP contribution in [0.1, 0.15) is 32.8 Å². The van der Waals surface area contributed by atoms with Crippen molar-refractivity contribution in [1.29, 1.82) is 0 Å². The molecule has 25 heavy (non-hydrogen) atoms. The number of rotatable bonds is 4. The van der Waals surface area contributed by atoms with Crippen molar-refractivity contribution in [2.75, 3.05) is 14.2 Å². The molecular formula is C17H22F3NO4. The number of carbonyl (C=O) groups is 1. The fraction of sp³-hybridized carbons (Fsp3) is 0.588. The smallest absolute Gasteiger partial charge is 0.408 e. The van der Waals surface area contributed by atoms with Crippen LogP contribution in [-0.4, -0.2) is 32.1 Å². The minimum Gasteiger partial charge on any atom is -0.493 e. The molecule has 0 saturated heterocycles. The van der Waals surface area contributed by atoms with Crippen LogP contribution in [0.25, 0.3) is 0 Å². The molecule has 1 fully saturated rings. The fourth-order valence-electron chi connectivity index (χ4n) is 2.79. The molecule has 1 amide bonds. The SMILES string of the molecule is COc1ccc([C@@]2(NC(=O)OC(C)(C)C)C[C@@H]2C(F)(F)F)cc1OC. The molecule has 0 spiro atoms. The first-order valence-electron chi connectivity index (χ1n) is 7.73. The van der Waals surface area contributed by atoms with Gasteiger partial charge in [-0.25, -0.2) is 4.79 Å². The maximum Gasteiger partial charge on any atom is 0.408 e. The molecule has 5 nitrogen and oxygen atoms in total. The van der Waals surface area contributed by atoms with E-state index in [1.807, 2.05) is 0 Å². The monoisotopic (exact) mass is 361 g/mol. The number of hydrogen-bond donors (Lipinski definition) is 1. The van der Waals surface area contributed by atoms with E-state index >= 15 is 0 Å². The Kier molecular flexibility index (Phi) is 4.85. The molecule has 2 atom stereocenters. The summed E-state index contributed by atoms with van der Waals surface area (Å²) in [6, 6.07) is 4.45. The fourth-order valence-corrected chi connectivity index (χ4v) is 2.79. The van der Waals surface area contributed by atoms with Gasteiger partial charge in [0.25, 0.3) is 0 Å². The second-order valence-corrected chi connectivity index (χ2v) is 6.97. The highest BCUT2D eigenvalue weighted by molar-refractivity contribution is 5.70. The summed E-state index contributed by atoms with van der Waals surface area (Å²) in [6.07, 6.45) is -5.60. The lowest BCUT2D eigenvalue weighted by Gasteiger charge is -2.25. The molecule has 0 bridgehead atoms. The zero-order valence-electron chi connectivity index (χ0n) is 14.8. The van der Waals surface area contributed by atoms with E-state index in [0.717, 1.165) is 0 Å². The first kappa shape index (κ1) is 19.2. The Balaban J connectivity index is 2.37. The van der Waals surface area contributed by atoms with E-state index < -0.39 is 29.3 Å². The van der Waals surface area contributed by atoms with E-state index in [9.17, 15) is 18.0 Å². The van der Waals surface area contributed by atoms with Crippen molar-refractivity contribution < 1.29 is 32.2 Å². The Bertz CT molecular complexity index is 654. The van der Waals surface area contributed by atoms with E-state index in [1.54, 1.807) is 20.8 Å². The molecule has 8 heteroatoms. The predicted octanol–water partition coefficient (Wildman–Crippen LogP) is 4.01. The summed E-state index contributed by atoms with van der Waals surface area (Å²) in [5.74, 6) is -1.01. The summed E-state index contributed by atoms with van der Waals surface area (Å²) < 4.78 is 55.3. The van der Waals surface area contributed by atoms with Crippen LogP contribution in [0, 0.1) is 5.92 Å². The summed E-state index contributed by atoms with van der Waals surface area (Å²) in [5.41, 5.74) is -2.09. The van der Waals surface area contributed by atoms with E-state index in [2.05, 4.69) is 5.32 Å². The average molecular weight is 361 g/mol. The third kappa shape index (κ3) is 4.11. The first-order chi connectivity index (χ1) is 11.4. The van der Waals surface area contributed by atoms with Gasteiger partial charge in [-0.2, -0.15) is 13.2 Å². The Hall–Kier alpha value is -2.12. The van der Waals surface area contributed by atoms with Crippen LogP contribution in [0.5, 0.6) is 11.5 Å². The molecule has 1 aliphatic rings. The maximum atomic E-state index is 13.3. The van der Waals surface area contributed by atoms with Crippen LogP contribution >= 0.6 is 0 Å². The number of halogens is 3. The van der Waals surface area contributed by atoms with Gasteiger partial charge in [-0.15, -0.1) is 0 Å². The Labute approximate surface area is 144 Å². The van der Waals surface area contributed by atoms with Crippen molar-refractivity contribution in [2.24, 2.45) is 5.92 Å². The molecule has 1 aliphatic carbocycles. The van der Waals surface area contributed by atoms with Crippen molar-refractivity contribution in [3.8, 4) is 11.5 Å². The Morgan fingerprint density at radius 2 is 1.76 bits per heavy atom. The van der Waals surface area contributed by atoms with Gasteiger partial charge in [0.05, 0.1) is 25.7 Å². The third-order valence-electron chi connectivity index (χ3n) is 3.98. The third-order valence-corrected chi connectivity index (χ3v) is 3.98. The average Bonchev–Trinajstić information content (AvgIpc) is 3.20. The summed E-state index contributed by atoms with van der Waals surface area (Å²) in [6.45, 7) is 4.93. The molecule has 0 radical (unpaired) electrons. The van der Waals surface area contributed by atoms with Gasteiger partial charge < -0.3 is 19.5 Å². The largest absolute Gasteiger partial charge is 0.493 e. The summed E-state index contributed by atoms with van der Waals surface area (Å²) in [7, 11) is 2.83. The van der Waals surface area contributed by atoms with E-state index in [4.69, 9.17) is 14.2 Å². The minimum absolute atomic E-state index is 0.259. The number of carbonyl (C=O) groups excluding carboxylic acids is 1. The van der Waals surface area contributed by atoms with Crippen LogP contribution in [-0.2, 0) is 10.3 Å². The van der Waals surface area contributed by atoms with Gasteiger partial charge in [-0.1, -0.05) is 6.07 Å². The highest BCUT2D eigenvalue weighted by Gasteiger charge is 2.68. The number of ether oxygens (including phenoxy) is 3. The zero-order chi connectivity index (χ0) is 19.0. The maximum absolute atomic E-state index is 13.3. The number of alkyl carbamates (subject to hydrolysis) is 1. The second-order valence-electron chi connectivity index (χ2n) is 6.97. The zero-order valence-corrected chi connectivity index (χ0v) is 14.8. The van der Waals surface area contributed by atoms with Crippen LogP contribution in [0.15, 0.2) is 18.2 Å². The van der Waals surface area contributed by atoms with Crippen molar-refractivity contribution >= 4 is 6.09 Å². The van der Waals surface area contributed by atoms with Gasteiger partial charge in [0.1, 0.15) is 5.60 Å². The molecule has 1 aromatic carbocycles. The van der Waals surface area contributed by atoms with Crippen LogP contribution in [0.3, 0.4) is 0 Å². The summed E-state index contributed by atoms with van der Waals surface area (Å²) >= 11 is 0. The minimum atomic E-state index is -4.44. The van der Waals surface area contributed by atoms with E-state index in [-0.39, 0.29) is 12.2 Å². The molecule has 1 aromatic rings. The Morgan fingerprint density at radius 3 is 2.20 bits per heavy atom. The molecule has 0 aliphatic heterocycles. The van der Waals surface area contributed by atoms with Gasteiger partial charge in [0, 0.05) is 0 Å². The number of alkyl halides is 3. The molecule has 0 heterocycles. The van der Waals surface area contributed by atoms with Crippen LogP contribution < -0.4 is 14.8 Å². The predicted molar refractivity (Wildman–Crippen MR) is 84.8 cm³/mol. The van der Waals surface area contributed by atoms with E-state index in [0.29, 0.717) is 11.3 Å². The molecule has 1 N–H and O–H groups in total. The first-order valence-corrected chi connectivity index (χ1v) is 7.73. The van der Waals surface area contributed by atoms with Crippen LogP contribution in [0.4, 0.5) is 18.0 Å². The quantitative estimate of drug-likeness (QED) is 0.881. The lowest BCUT2D eigenvalue weighted by molar-refractivity contribution is -0.153. The number of benzene rings is 1. The van der Waals surface area contributed by atoms with Gasteiger partial charge in [-0.3, -0.25) is 0 Å². The number of amides is 1. The lowest BCUT2D eigenvalue weighted by Crippen LogP contribution is -2.42. The van der Waals surface area contributed by atoms with Gasteiger partial charge in [0.15, 0.2) is 11.5 Å². The highest BCUT2D eigenvalue weighted by atomic mass is 19.4. The number of hydrogen-bond acceptors (Lipinski definition) is 4. The van der Waals surface area contributed by atoms with Crippen molar-refractivity contribution in [3.05, 3.63) is 23.8 Å². The topological polar surface area (TPSA) is 56.8 Å². The van der Waals surface area contributed by atoms with Crippen LogP contribution in [0.2, 0.25) is 0 Å². The standard InChI is InChI=1S/C17H22F3NO4/c1-15(2,3)25-14(22)21-16(9-13(16)17(18,19)20)10-6-7-11(23-4)12(8-10)24-5/h6-8,13H,9H2,1-5H3,(H,21,22)/t13-,16-/m0/s1. The second kappa shape index (κ2) is 6.31. The van der Waals surface area contributed by atoms with Gasteiger partial charge in [0.2, 0.25) is 0 Å². The van der Waals surface area contributed by atoms with Crippen molar-refractivity contribution in [3.63, 3.8) is 0 Å². The summed E-state index contributed by atoms with van der Waals surface area (Å²) in [5, 5.41) is 2.41. The lowest BCUT2D eigenvalue weighted by atomic mass is 10.0. The highest BCUT2D eigenvalue weighted by Crippen LogP contribution is 2.60. The van der Waals surface area contributed by atoms with E-state index in [1.165, 1.54) is 32.4 Å². The molecule has 0 aromatic heterocycles. The van der Waals surface area contributed by atoms with Gasteiger partial charge in [-0.05, 0) is 44.9 Å². The molecule has 1 saturated carbocycles.